The smallest absolute Gasteiger partial charge is 0.248 e. The molecule has 0 radical (unpaired) electrons. The summed E-state index contributed by atoms with van der Waals surface area (Å²) >= 11 is 0. The molecule has 0 amide bonds. The van der Waals surface area contributed by atoms with Crippen LogP contribution in [0.5, 0.6) is 0 Å². The van der Waals surface area contributed by atoms with Gasteiger partial charge in [-0.15, -0.1) is 0 Å². The molecule has 1 unspecified atom stereocenters. The van der Waals surface area contributed by atoms with Crippen LogP contribution in [0.1, 0.15) is 31.2 Å². The minimum absolute atomic E-state index is 0.0843. The second-order valence-corrected chi connectivity index (χ2v) is 5.30. The van der Waals surface area contributed by atoms with Gasteiger partial charge in [0.15, 0.2) is 0 Å². The van der Waals surface area contributed by atoms with Crippen molar-refractivity contribution in [2.75, 3.05) is 0 Å². The van der Waals surface area contributed by atoms with Crippen molar-refractivity contribution < 1.29 is 13.2 Å². The molecular weight excluding hydrogens is 253 g/mol. The van der Waals surface area contributed by atoms with Crippen LogP contribution >= 0.6 is 0 Å². The van der Waals surface area contributed by atoms with E-state index in [0.29, 0.717) is 19.3 Å². The predicted octanol–water partition coefficient (Wildman–Crippen LogP) is 3.03. The number of hydrogen-bond acceptors (Lipinski definition) is 2. The van der Waals surface area contributed by atoms with Crippen LogP contribution in [0.3, 0.4) is 0 Å². The van der Waals surface area contributed by atoms with Crippen LogP contribution in [-0.4, -0.2) is 12.0 Å². The summed E-state index contributed by atoms with van der Waals surface area (Å²) in [7, 11) is 0. The van der Waals surface area contributed by atoms with Crippen molar-refractivity contribution in [2.45, 2.75) is 44.1 Å². The van der Waals surface area contributed by atoms with E-state index in [4.69, 9.17) is 5.84 Å². The third-order valence-corrected chi connectivity index (χ3v) is 3.89. The first-order valence-corrected chi connectivity index (χ1v) is 6.58. The lowest BCUT2D eigenvalue weighted by Gasteiger charge is -2.33. The van der Waals surface area contributed by atoms with Crippen molar-refractivity contribution in [1.82, 2.24) is 5.43 Å². The lowest BCUT2D eigenvalue weighted by molar-refractivity contribution is -0.0495. The molecule has 1 aromatic rings. The summed E-state index contributed by atoms with van der Waals surface area (Å²) in [6, 6.07) is 6.23. The van der Waals surface area contributed by atoms with Gasteiger partial charge in [-0.05, 0) is 42.9 Å². The largest absolute Gasteiger partial charge is 0.271 e. The number of halogens is 3. The molecule has 0 spiro atoms. The summed E-state index contributed by atoms with van der Waals surface area (Å²) < 4.78 is 39.4. The monoisotopic (exact) mass is 272 g/mol. The van der Waals surface area contributed by atoms with Gasteiger partial charge in [0.25, 0.3) is 0 Å². The Kier molecular flexibility index (Phi) is 4.47. The van der Waals surface area contributed by atoms with Gasteiger partial charge in [-0.2, -0.15) is 0 Å². The average molecular weight is 272 g/mol. The van der Waals surface area contributed by atoms with Crippen LogP contribution in [-0.2, 0) is 6.42 Å². The SMILES string of the molecule is NNC(Cc1cccc(F)c1)C1CCC(F)(F)CC1. The number of nitrogens with two attached hydrogens (primary N) is 1. The highest BCUT2D eigenvalue weighted by Crippen LogP contribution is 2.37. The normalized spacial score (nSPS) is 21.3. The minimum Gasteiger partial charge on any atom is -0.271 e. The maximum absolute atomic E-state index is 13.1. The van der Waals surface area contributed by atoms with Crippen LogP contribution in [0, 0.1) is 11.7 Å². The number of rotatable bonds is 4. The molecule has 5 heteroatoms. The van der Waals surface area contributed by atoms with Gasteiger partial charge in [-0.25, -0.2) is 13.2 Å². The first-order valence-electron chi connectivity index (χ1n) is 6.58. The Hall–Kier alpha value is -1.07. The Morgan fingerprint density at radius 1 is 1.32 bits per heavy atom. The standard InChI is InChI=1S/C14H19F3N2/c15-12-3-1-2-10(8-12)9-13(19-18)11-4-6-14(16,17)7-5-11/h1-3,8,11,13,19H,4-7,9,18H2. The Bertz CT molecular complexity index is 413. The van der Waals surface area contributed by atoms with Crippen LogP contribution in [0.15, 0.2) is 24.3 Å². The molecule has 2 nitrogen and oxygen atoms in total. The number of benzene rings is 1. The molecule has 1 atom stereocenters. The van der Waals surface area contributed by atoms with Crippen LogP contribution in [0.2, 0.25) is 0 Å². The van der Waals surface area contributed by atoms with Crippen LogP contribution in [0.25, 0.3) is 0 Å². The Morgan fingerprint density at radius 3 is 2.58 bits per heavy atom. The number of hydrogen-bond donors (Lipinski definition) is 2. The van der Waals surface area contributed by atoms with Gasteiger partial charge in [0.2, 0.25) is 5.92 Å². The number of alkyl halides is 2. The molecule has 2 rings (SSSR count). The van der Waals surface area contributed by atoms with E-state index in [1.165, 1.54) is 12.1 Å². The van der Waals surface area contributed by atoms with Gasteiger partial charge in [0, 0.05) is 18.9 Å². The average Bonchev–Trinajstić information content (AvgIpc) is 2.36. The van der Waals surface area contributed by atoms with Gasteiger partial charge in [-0.3, -0.25) is 11.3 Å². The Balaban J connectivity index is 1.97. The summed E-state index contributed by atoms with van der Waals surface area (Å²) in [6.07, 6.45) is 1.30. The zero-order valence-electron chi connectivity index (χ0n) is 10.7. The Labute approximate surface area is 111 Å². The fraction of sp³-hybridized carbons (Fsp3) is 0.571. The van der Waals surface area contributed by atoms with E-state index in [9.17, 15) is 13.2 Å². The molecule has 0 aromatic heterocycles. The van der Waals surface area contributed by atoms with Crippen molar-refractivity contribution in [1.29, 1.82) is 0 Å². The van der Waals surface area contributed by atoms with E-state index in [2.05, 4.69) is 5.43 Å². The third-order valence-electron chi connectivity index (χ3n) is 3.89. The van der Waals surface area contributed by atoms with Gasteiger partial charge in [0.1, 0.15) is 5.82 Å². The molecule has 106 valence electrons. The molecule has 1 saturated carbocycles. The number of nitrogens with one attached hydrogen (secondary N) is 1. The fourth-order valence-electron chi connectivity index (χ4n) is 2.74. The fourth-order valence-corrected chi connectivity index (χ4v) is 2.74. The summed E-state index contributed by atoms with van der Waals surface area (Å²) in [5, 5.41) is 0. The summed E-state index contributed by atoms with van der Waals surface area (Å²) in [5.41, 5.74) is 3.53. The highest BCUT2D eigenvalue weighted by atomic mass is 19.3. The first kappa shape index (κ1) is 14.3. The maximum atomic E-state index is 13.1. The zero-order valence-corrected chi connectivity index (χ0v) is 10.7. The first-order chi connectivity index (χ1) is 9.00. The predicted molar refractivity (Wildman–Crippen MR) is 68.1 cm³/mol. The Morgan fingerprint density at radius 2 is 2.00 bits per heavy atom. The van der Waals surface area contributed by atoms with Gasteiger partial charge >= 0.3 is 0 Å². The summed E-state index contributed by atoms with van der Waals surface area (Å²) in [6.45, 7) is 0. The van der Waals surface area contributed by atoms with E-state index < -0.39 is 5.92 Å². The molecule has 1 aliphatic rings. The molecule has 3 N–H and O–H groups in total. The topological polar surface area (TPSA) is 38.0 Å². The van der Waals surface area contributed by atoms with E-state index in [1.54, 1.807) is 6.07 Å². The van der Waals surface area contributed by atoms with Gasteiger partial charge in [0.05, 0.1) is 0 Å². The lowest BCUT2D eigenvalue weighted by atomic mass is 9.80. The van der Waals surface area contributed by atoms with Crippen molar-refractivity contribution in [3.8, 4) is 0 Å². The highest BCUT2D eigenvalue weighted by Gasteiger charge is 2.37. The van der Waals surface area contributed by atoms with Crippen molar-refractivity contribution >= 4 is 0 Å². The molecule has 1 fully saturated rings. The lowest BCUT2D eigenvalue weighted by Crippen LogP contribution is -2.44. The van der Waals surface area contributed by atoms with E-state index in [-0.39, 0.29) is 30.6 Å². The van der Waals surface area contributed by atoms with Crippen LogP contribution in [0.4, 0.5) is 13.2 Å². The molecular formula is C14H19F3N2. The van der Waals surface area contributed by atoms with E-state index >= 15 is 0 Å². The molecule has 1 aliphatic carbocycles. The summed E-state index contributed by atoms with van der Waals surface area (Å²) in [5.74, 6) is 2.82. The third kappa shape index (κ3) is 3.94. The van der Waals surface area contributed by atoms with Crippen LogP contribution < -0.4 is 11.3 Å². The van der Waals surface area contributed by atoms with Gasteiger partial charge in [-0.1, -0.05) is 12.1 Å². The second-order valence-electron chi connectivity index (χ2n) is 5.30. The zero-order chi connectivity index (χ0) is 13.9. The quantitative estimate of drug-likeness (QED) is 0.653. The van der Waals surface area contributed by atoms with Gasteiger partial charge < -0.3 is 0 Å². The molecule has 0 heterocycles. The van der Waals surface area contributed by atoms with Crippen molar-refractivity contribution in [3.05, 3.63) is 35.6 Å². The minimum atomic E-state index is -2.53. The second kappa shape index (κ2) is 5.92. The molecule has 0 bridgehead atoms. The molecule has 0 saturated heterocycles. The molecule has 0 aliphatic heterocycles. The molecule has 1 aromatic carbocycles. The number of hydrazine groups is 1. The van der Waals surface area contributed by atoms with Crippen molar-refractivity contribution in [2.24, 2.45) is 11.8 Å². The highest BCUT2D eigenvalue weighted by molar-refractivity contribution is 5.17. The maximum Gasteiger partial charge on any atom is 0.248 e. The van der Waals surface area contributed by atoms with Crippen molar-refractivity contribution in [3.63, 3.8) is 0 Å². The summed E-state index contributed by atoms with van der Waals surface area (Å²) in [4.78, 5) is 0. The molecule has 19 heavy (non-hydrogen) atoms. The van der Waals surface area contributed by atoms with E-state index in [0.717, 1.165) is 5.56 Å². The van der Waals surface area contributed by atoms with E-state index in [1.807, 2.05) is 6.07 Å².